The van der Waals surface area contributed by atoms with Gasteiger partial charge >= 0.3 is 0 Å². The van der Waals surface area contributed by atoms with Crippen molar-refractivity contribution in [2.45, 2.75) is 31.2 Å². The van der Waals surface area contributed by atoms with E-state index in [0.29, 0.717) is 5.92 Å². The molecule has 2 aromatic rings. The number of hydrogen-bond acceptors (Lipinski definition) is 1. The average molecular weight is 287 g/mol. The summed E-state index contributed by atoms with van der Waals surface area (Å²) in [6, 6.07) is 12.4. The predicted molar refractivity (Wildman–Crippen MR) is 80.3 cm³/mol. The lowest BCUT2D eigenvalue weighted by molar-refractivity contribution is 0.419. The van der Waals surface area contributed by atoms with Gasteiger partial charge in [0.05, 0.1) is 6.04 Å². The third kappa shape index (κ3) is 2.84. The van der Waals surface area contributed by atoms with Gasteiger partial charge in [-0.05, 0) is 54.6 Å². The molecule has 1 unspecified atom stereocenters. The SMILES string of the molecule is CNC(c1cccc(C2CCC2)c1)c1ccc(F)c(F)c1. The van der Waals surface area contributed by atoms with Crippen LogP contribution in [0, 0.1) is 11.6 Å². The van der Waals surface area contributed by atoms with Gasteiger partial charge in [0.1, 0.15) is 0 Å². The van der Waals surface area contributed by atoms with Gasteiger partial charge in [-0.3, -0.25) is 0 Å². The molecule has 3 rings (SSSR count). The summed E-state index contributed by atoms with van der Waals surface area (Å²) in [5, 5.41) is 3.19. The molecule has 0 aromatic heterocycles. The van der Waals surface area contributed by atoms with E-state index in [1.165, 1.54) is 37.0 Å². The van der Waals surface area contributed by atoms with Crippen LogP contribution in [0.15, 0.2) is 42.5 Å². The first kappa shape index (κ1) is 14.2. The van der Waals surface area contributed by atoms with Gasteiger partial charge in [0, 0.05) is 0 Å². The zero-order valence-electron chi connectivity index (χ0n) is 12.1. The van der Waals surface area contributed by atoms with Gasteiger partial charge in [-0.25, -0.2) is 8.78 Å². The molecular formula is C18H19F2N. The lowest BCUT2D eigenvalue weighted by Gasteiger charge is -2.27. The van der Waals surface area contributed by atoms with E-state index in [-0.39, 0.29) is 6.04 Å². The molecule has 0 amide bonds. The summed E-state index contributed by atoms with van der Waals surface area (Å²) in [6.07, 6.45) is 3.80. The highest BCUT2D eigenvalue weighted by Crippen LogP contribution is 2.37. The number of rotatable bonds is 4. The lowest BCUT2D eigenvalue weighted by Crippen LogP contribution is -2.18. The zero-order chi connectivity index (χ0) is 14.8. The summed E-state index contributed by atoms with van der Waals surface area (Å²) in [5.74, 6) is -0.952. The molecule has 0 spiro atoms. The Kier molecular flexibility index (Phi) is 4.02. The molecule has 0 saturated heterocycles. The summed E-state index contributed by atoms with van der Waals surface area (Å²) in [4.78, 5) is 0. The van der Waals surface area contributed by atoms with Gasteiger partial charge in [-0.15, -0.1) is 0 Å². The predicted octanol–water partition coefficient (Wildman–Crippen LogP) is 4.54. The van der Waals surface area contributed by atoms with Crippen LogP contribution < -0.4 is 5.32 Å². The van der Waals surface area contributed by atoms with Crippen LogP contribution in [-0.4, -0.2) is 7.05 Å². The van der Waals surface area contributed by atoms with Crippen molar-refractivity contribution in [2.24, 2.45) is 0 Å². The van der Waals surface area contributed by atoms with E-state index in [9.17, 15) is 8.78 Å². The Morgan fingerprint density at radius 1 is 1.00 bits per heavy atom. The van der Waals surface area contributed by atoms with Crippen molar-refractivity contribution in [2.75, 3.05) is 7.05 Å². The standard InChI is InChI=1S/C18H19F2N/c1-21-18(15-8-9-16(19)17(20)11-15)14-7-3-6-13(10-14)12-4-2-5-12/h3,6-12,18,21H,2,4-5H2,1H3. The highest BCUT2D eigenvalue weighted by Gasteiger charge is 2.21. The molecule has 21 heavy (non-hydrogen) atoms. The van der Waals surface area contributed by atoms with E-state index in [2.05, 4.69) is 17.4 Å². The van der Waals surface area contributed by atoms with Crippen molar-refractivity contribution in [1.82, 2.24) is 5.32 Å². The largest absolute Gasteiger partial charge is 0.309 e. The van der Waals surface area contributed by atoms with Crippen molar-refractivity contribution in [3.63, 3.8) is 0 Å². The fourth-order valence-electron chi connectivity index (χ4n) is 2.95. The van der Waals surface area contributed by atoms with Crippen LogP contribution in [0.25, 0.3) is 0 Å². The van der Waals surface area contributed by atoms with Crippen LogP contribution in [0.3, 0.4) is 0 Å². The first-order valence-corrected chi connectivity index (χ1v) is 7.41. The normalized spacial score (nSPS) is 16.5. The summed E-state index contributed by atoms with van der Waals surface area (Å²) in [5.41, 5.74) is 3.18. The Balaban J connectivity index is 1.93. The minimum atomic E-state index is -0.808. The minimum absolute atomic E-state index is 0.125. The molecule has 1 saturated carbocycles. The van der Waals surface area contributed by atoms with Crippen molar-refractivity contribution >= 4 is 0 Å². The molecule has 3 heteroatoms. The van der Waals surface area contributed by atoms with Crippen LogP contribution >= 0.6 is 0 Å². The van der Waals surface area contributed by atoms with Gasteiger partial charge in [-0.1, -0.05) is 36.8 Å². The highest BCUT2D eigenvalue weighted by molar-refractivity contribution is 5.36. The summed E-state index contributed by atoms with van der Waals surface area (Å²) in [6.45, 7) is 0. The maximum Gasteiger partial charge on any atom is 0.159 e. The maximum absolute atomic E-state index is 13.5. The smallest absolute Gasteiger partial charge is 0.159 e. The number of hydrogen-bond donors (Lipinski definition) is 1. The summed E-state index contributed by atoms with van der Waals surface area (Å²) < 4.78 is 26.6. The second-order valence-electron chi connectivity index (χ2n) is 5.69. The molecular weight excluding hydrogens is 268 g/mol. The van der Waals surface area contributed by atoms with Gasteiger partial charge in [0.25, 0.3) is 0 Å². The minimum Gasteiger partial charge on any atom is -0.309 e. The van der Waals surface area contributed by atoms with E-state index >= 15 is 0 Å². The van der Waals surface area contributed by atoms with Crippen LogP contribution in [0.1, 0.15) is 47.9 Å². The molecule has 1 fully saturated rings. The van der Waals surface area contributed by atoms with E-state index in [4.69, 9.17) is 0 Å². The summed E-state index contributed by atoms with van der Waals surface area (Å²) in [7, 11) is 1.84. The molecule has 1 aliphatic carbocycles. The van der Waals surface area contributed by atoms with E-state index in [1.54, 1.807) is 6.07 Å². The molecule has 0 radical (unpaired) electrons. The molecule has 1 nitrogen and oxygen atoms in total. The van der Waals surface area contributed by atoms with Gasteiger partial charge in [0.15, 0.2) is 11.6 Å². The molecule has 0 aliphatic heterocycles. The fraction of sp³-hybridized carbons (Fsp3) is 0.333. The second kappa shape index (κ2) is 5.94. The maximum atomic E-state index is 13.5. The zero-order valence-corrected chi connectivity index (χ0v) is 12.1. The summed E-state index contributed by atoms with van der Waals surface area (Å²) >= 11 is 0. The molecule has 0 heterocycles. The van der Waals surface area contributed by atoms with Crippen molar-refractivity contribution in [3.05, 3.63) is 70.8 Å². The number of benzene rings is 2. The molecule has 1 atom stereocenters. The van der Waals surface area contributed by atoms with Crippen molar-refractivity contribution < 1.29 is 8.78 Å². The van der Waals surface area contributed by atoms with Gasteiger partial charge in [-0.2, -0.15) is 0 Å². The molecule has 1 aliphatic rings. The highest BCUT2D eigenvalue weighted by atomic mass is 19.2. The average Bonchev–Trinajstić information content (AvgIpc) is 2.42. The van der Waals surface area contributed by atoms with Crippen LogP contribution in [0.2, 0.25) is 0 Å². The Hall–Kier alpha value is -1.74. The molecule has 1 N–H and O–H groups in total. The first-order valence-electron chi connectivity index (χ1n) is 7.41. The Morgan fingerprint density at radius 2 is 1.76 bits per heavy atom. The molecule has 0 bridgehead atoms. The van der Waals surface area contributed by atoms with Crippen molar-refractivity contribution in [1.29, 1.82) is 0 Å². The quantitative estimate of drug-likeness (QED) is 0.870. The van der Waals surface area contributed by atoms with Crippen LogP contribution in [-0.2, 0) is 0 Å². The molecule has 110 valence electrons. The second-order valence-corrected chi connectivity index (χ2v) is 5.69. The number of halogens is 2. The molecule has 2 aromatic carbocycles. The van der Waals surface area contributed by atoms with Crippen LogP contribution in [0.5, 0.6) is 0 Å². The van der Waals surface area contributed by atoms with Crippen molar-refractivity contribution in [3.8, 4) is 0 Å². The topological polar surface area (TPSA) is 12.0 Å². The third-order valence-corrected chi connectivity index (χ3v) is 4.39. The third-order valence-electron chi connectivity index (χ3n) is 4.39. The monoisotopic (exact) mass is 287 g/mol. The Labute approximate surface area is 124 Å². The van der Waals surface area contributed by atoms with E-state index in [0.717, 1.165) is 11.1 Å². The van der Waals surface area contributed by atoms with E-state index < -0.39 is 11.6 Å². The van der Waals surface area contributed by atoms with Crippen LogP contribution in [0.4, 0.5) is 8.78 Å². The Bertz CT molecular complexity index is 635. The lowest BCUT2D eigenvalue weighted by atomic mass is 9.79. The number of nitrogens with one attached hydrogen (secondary N) is 1. The van der Waals surface area contributed by atoms with E-state index in [1.807, 2.05) is 19.2 Å². The van der Waals surface area contributed by atoms with Gasteiger partial charge in [0.2, 0.25) is 0 Å². The fourth-order valence-corrected chi connectivity index (χ4v) is 2.95. The van der Waals surface area contributed by atoms with Gasteiger partial charge < -0.3 is 5.32 Å². The first-order chi connectivity index (χ1) is 10.2. The Morgan fingerprint density at radius 3 is 2.38 bits per heavy atom.